The normalized spacial score (nSPS) is 11.6. The summed E-state index contributed by atoms with van der Waals surface area (Å²) in [5.74, 6) is -0.00795. The highest BCUT2D eigenvalue weighted by molar-refractivity contribution is 9.10. The van der Waals surface area contributed by atoms with Crippen molar-refractivity contribution in [2.45, 2.75) is 19.5 Å². The minimum Gasteiger partial charge on any atom is -0.313 e. The fourth-order valence-corrected chi connectivity index (χ4v) is 2.28. The molecule has 0 radical (unpaired) electrons. The Kier molecular flexibility index (Phi) is 4.21. The Hall–Kier alpha value is -0.740. The van der Waals surface area contributed by atoms with Crippen molar-refractivity contribution in [2.24, 2.45) is 0 Å². The van der Waals surface area contributed by atoms with Crippen molar-refractivity contribution in [3.8, 4) is 0 Å². The zero-order chi connectivity index (χ0) is 12.3. The van der Waals surface area contributed by atoms with Gasteiger partial charge in [0.15, 0.2) is 5.78 Å². The van der Waals surface area contributed by atoms with E-state index in [0.717, 1.165) is 0 Å². The molecule has 0 saturated carbocycles. The van der Waals surface area contributed by atoms with Gasteiger partial charge in [0.05, 0.1) is 6.54 Å². The van der Waals surface area contributed by atoms with E-state index in [0.29, 0.717) is 15.6 Å². The van der Waals surface area contributed by atoms with E-state index in [4.69, 9.17) is 0 Å². The van der Waals surface area contributed by atoms with Gasteiger partial charge in [-0.15, -0.1) is 0 Å². The number of halogens is 2. The van der Waals surface area contributed by atoms with Gasteiger partial charge in [0.25, 0.3) is 0 Å². The molecule has 1 N–H and O–H groups in total. The maximum absolute atomic E-state index is 13.7. The number of rotatable bonds is 4. The lowest BCUT2D eigenvalue weighted by molar-refractivity contribution is 0.0993. The highest BCUT2D eigenvalue weighted by Crippen LogP contribution is 2.31. The molecule has 1 rings (SSSR count). The number of carbonyl (C=O) groups excluding carboxylic acids is 1. The molecule has 0 aliphatic heterocycles. The molecule has 0 fully saturated rings. The molecule has 1 aromatic carbocycles. The topological polar surface area (TPSA) is 29.1 Å². The van der Waals surface area contributed by atoms with E-state index in [1.54, 1.807) is 25.2 Å². The quantitative estimate of drug-likeness (QED) is 0.863. The van der Waals surface area contributed by atoms with Crippen LogP contribution in [0.5, 0.6) is 0 Å². The number of Topliss-reactive ketones (excluding diaryl/α,β-unsaturated/α-hetero) is 1. The first-order valence-electron chi connectivity index (χ1n) is 5.03. The zero-order valence-corrected chi connectivity index (χ0v) is 11.2. The maximum Gasteiger partial charge on any atom is 0.176 e. The Morgan fingerprint density at radius 1 is 1.50 bits per heavy atom. The summed E-state index contributed by atoms with van der Waals surface area (Å²) in [5, 5.41) is 2.79. The second-order valence-corrected chi connectivity index (χ2v) is 4.97. The van der Waals surface area contributed by atoms with Crippen molar-refractivity contribution in [3.05, 3.63) is 33.8 Å². The van der Waals surface area contributed by atoms with Gasteiger partial charge in [-0.1, -0.05) is 28.1 Å². The molecule has 2 nitrogen and oxygen atoms in total. The molecule has 0 atom stereocenters. The van der Waals surface area contributed by atoms with Crippen molar-refractivity contribution in [1.29, 1.82) is 0 Å². The highest BCUT2D eigenvalue weighted by Gasteiger charge is 2.22. The van der Waals surface area contributed by atoms with Crippen LogP contribution in [-0.4, -0.2) is 19.4 Å². The van der Waals surface area contributed by atoms with Crippen LogP contribution in [0.2, 0.25) is 0 Å². The van der Waals surface area contributed by atoms with Gasteiger partial charge in [-0.25, -0.2) is 4.39 Å². The third-order valence-corrected chi connectivity index (χ3v) is 2.92. The van der Waals surface area contributed by atoms with Gasteiger partial charge in [-0.3, -0.25) is 4.79 Å². The first-order valence-corrected chi connectivity index (χ1v) is 5.82. The van der Waals surface area contributed by atoms with Crippen LogP contribution in [0.25, 0.3) is 0 Å². The second kappa shape index (κ2) is 5.06. The highest BCUT2D eigenvalue weighted by atomic mass is 79.9. The summed E-state index contributed by atoms with van der Waals surface area (Å²) in [4.78, 5) is 11.6. The molecule has 88 valence electrons. The van der Waals surface area contributed by atoms with Gasteiger partial charge in [0.2, 0.25) is 0 Å². The van der Waals surface area contributed by atoms with Crippen molar-refractivity contribution >= 4 is 21.7 Å². The lowest BCUT2D eigenvalue weighted by atomic mass is 9.98. The molecule has 0 unspecified atom stereocenters. The number of hydrogen-bond donors (Lipinski definition) is 1. The molecule has 0 saturated heterocycles. The van der Waals surface area contributed by atoms with E-state index in [1.807, 2.05) is 0 Å². The zero-order valence-electron chi connectivity index (χ0n) is 9.60. The molecule has 0 aliphatic rings. The lowest BCUT2D eigenvalue weighted by Gasteiger charge is -2.17. The molecular weight excluding hydrogens is 273 g/mol. The molecule has 1 aromatic rings. The average Bonchev–Trinajstić information content (AvgIpc) is 2.16. The minimum atomic E-state index is -1.41. The number of likely N-dealkylation sites (N-methyl/N-ethyl adjacent to an activating group) is 1. The molecular formula is C12H15BrFNO. The number of carbonyl (C=O) groups is 1. The largest absolute Gasteiger partial charge is 0.313 e. The van der Waals surface area contributed by atoms with Gasteiger partial charge in [-0.05, 0) is 27.0 Å². The summed E-state index contributed by atoms with van der Waals surface area (Å²) >= 11 is 3.29. The van der Waals surface area contributed by atoms with Crippen LogP contribution in [0.1, 0.15) is 29.8 Å². The van der Waals surface area contributed by atoms with Gasteiger partial charge in [-0.2, -0.15) is 0 Å². The summed E-state index contributed by atoms with van der Waals surface area (Å²) in [5.41, 5.74) is -0.286. The fourth-order valence-electron chi connectivity index (χ4n) is 1.43. The predicted octanol–water partition coefficient (Wildman–Crippen LogP) is 3.06. The molecule has 0 heterocycles. The van der Waals surface area contributed by atoms with Gasteiger partial charge < -0.3 is 5.32 Å². The molecule has 0 amide bonds. The van der Waals surface area contributed by atoms with Crippen LogP contribution in [0.4, 0.5) is 4.39 Å². The monoisotopic (exact) mass is 287 g/mol. The number of ketones is 1. The molecule has 16 heavy (non-hydrogen) atoms. The van der Waals surface area contributed by atoms with Crippen LogP contribution in [0.15, 0.2) is 22.7 Å². The van der Waals surface area contributed by atoms with Crippen LogP contribution >= 0.6 is 15.9 Å². The summed E-state index contributed by atoms with van der Waals surface area (Å²) in [6.45, 7) is 3.26. The number of hydrogen-bond acceptors (Lipinski definition) is 2. The third kappa shape index (κ3) is 3.12. The van der Waals surface area contributed by atoms with Crippen LogP contribution in [0.3, 0.4) is 0 Å². The minimum absolute atomic E-state index is 0.00795. The summed E-state index contributed by atoms with van der Waals surface area (Å²) in [6, 6.07) is 4.96. The number of benzene rings is 1. The molecule has 4 heteroatoms. The van der Waals surface area contributed by atoms with E-state index < -0.39 is 5.67 Å². The molecule has 0 bridgehead atoms. The van der Waals surface area contributed by atoms with Crippen LogP contribution in [0, 0.1) is 0 Å². The van der Waals surface area contributed by atoms with Crippen molar-refractivity contribution in [3.63, 3.8) is 0 Å². The van der Waals surface area contributed by atoms with Crippen LogP contribution < -0.4 is 5.32 Å². The summed E-state index contributed by atoms with van der Waals surface area (Å²) in [7, 11) is 1.71. The van der Waals surface area contributed by atoms with Crippen molar-refractivity contribution in [1.82, 2.24) is 5.32 Å². The van der Waals surface area contributed by atoms with E-state index in [2.05, 4.69) is 21.2 Å². The number of alkyl halides is 1. The van der Waals surface area contributed by atoms with Crippen molar-refractivity contribution in [2.75, 3.05) is 13.6 Å². The fraction of sp³-hybridized carbons (Fsp3) is 0.417. The first-order chi connectivity index (χ1) is 7.36. The van der Waals surface area contributed by atoms with Crippen LogP contribution in [-0.2, 0) is 5.67 Å². The smallest absolute Gasteiger partial charge is 0.176 e. The van der Waals surface area contributed by atoms with Crippen molar-refractivity contribution < 1.29 is 9.18 Å². The van der Waals surface area contributed by atoms with E-state index in [-0.39, 0.29) is 12.3 Å². The average molecular weight is 288 g/mol. The van der Waals surface area contributed by atoms with E-state index >= 15 is 0 Å². The van der Waals surface area contributed by atoms with E-state index in [9.17, 15) is 9.18 Å². The lowest BCUT2D eigenvalue weighted by Crippen LogP contribution is -2.19. The van der Waals surface area contributed by atoms with Gasteiger partial charge in [0.1, 0.15) is 5.67 Å². The van der Waals surface area contributed by atoms with Gasteiger partial charge >= 0.3 is 0 Å². The molecule has 0 aliphatic carbocycles. The first kappa shape index (κ1) is 13.3. The van der Waals surface area contributed by atoms with Gasteiger partial charge in [0, 0.05) is 15.6 Å². The third-order valence-electron chi connectivity index (χ3n) is 2.27. The Labute approximate surface area is 103 Å². The molecule has 0 spiro atoms. The Morgan fingerprint density at radius 2 is 2.12 bits per heavy atom. The molecule has 0 aromatic heterocycles. The predicted molar refractivity (Wildman–Crippen MR) is 66.5 cm³/mol. The Balaban J connectivity index is 3.05. The summed E-state index contributed by atoms with van der Waals surface area (Å²) in [6.07, 6.45) is 0. The Morgan fingerprint density at radius 3 is 2.56 bits per heavy atom. The second-order valence-electron chi connectivity index (χ2n) is 4.12. The number of nitrogens with one attached hydrogen (secondary N) is 1. The summed E-state index contributed by atoms with van der Waals surface area (Å²) < 4.78 is 14.4. The van der Waals surface area contributed by atoms with E-state index in [1.165, 1.54) is 13.8 Å². The Bertz CT molecular complexity index is 398. The standard InChI is InChI=1S/C12H15BrFNO/c1-12(2,14)9-5-4-8(6-10(9)13)11(16)7-15-3/h4-6,15H,7H2,1-3H3. The maximum atomic E-state index is 13.7. The SMILES string of the molecule is CNCC(=O)c1ccc(C(C)(C)F)c(Br)c1.